The number of carboxylic acids is 1. The Bertz CT molecular complexity index is 276. The average Bonchev–Trinajstić information content (AvgIpc) is 2.24. The monoisotopic (exact) mass is 244 g/mol. The quantitative estimate of drug-likeness (QED) is 0.450. The molecule has 0 saturated carbocycles. The number of amides is 2. The lowest BCUT2D eigenvalue weighted by molar-refractivity contribution is -0.139. The third-order valence-corrected chi connectivity index (χ3v) is 2.41. The smallest absolute Gasteiger partial charge is 0.326 e. The van der Waals surface area contributed by atoms with E-state index in [4.69, 9.17) is 11.5 Å². The lowest BCUT2D eigenvalue weighted by Gasteiger charge is -2.14. The predicted molar refractivity (Wildman–Crippen MR) is 64.4 cm³/mol. The first-order chi connectivity index (χ1) is 7.61. The molecular formula is C10H16N2O3S. The third-order valence-electron chi connectivity index (χ3n) is 1.77. The summed E-state index contributed by atoms with van der Waals surface area (Å²) in [5, 5.41) is 13.7. The van der Waals surface area contributed by atoms with Crippen molar-refractivity contribution in [3.05, 3.63) is 0 Å². The van der Waals surface area contributed by atoms with Crippen molar-refractivity contribution in [2.45, 2.75) is 18.9 Å². The number of hydrogen-bond acceptors (Lipinski definition) is 3. The van der Waals surface area contributed by atoms with Gasteiger partial charge in [-0.25, -0.2) is 9.59 Å². The minimum Gasteiger partial charge on any atom is -0.480 e. The molecule has 5 nitrogen and oxygen atoms in total. The molecule has 90 valence electrons. The molecular weight excluding hydrogens is 228 g/mol. The summed E-state index contributed by atoms with van der Waals surface area (Å²) >= 11 is 1.53. The summed E-state index contributed by atoms with van der Waals surface area (Å²) in [4.78, 5) is 22.0. The molecule has 0 spiro atoms. The number of aliphatic carboxylic acids is 1. The third kappa shape index (κ3) is 7.01. The molecule has 0 aromatic rings. The fourth-order valence-corrected chi connectivity index (χ4v) is 1.42. The van der Waals surface area contributed by atoms with E-state index in [1.165, 1.54) is 11.8 Å². The van der Waals surface area contributed by atoms with E-state index in [0.717, 1.165) is 0 Å². The number of nitrogens with one attached hydrogen (secondary N) is 2. The molecule has 0 rings (SSSR count). The number of rotatable bonds is 7. The van der Waals surface area contributed by atoms with Crippen LogP contribution in [0.3, 0.4) is 0 Å². The van der Waals surface area contributed by atoms with Crippen LogP contribution in [0.25, 0.3) is 0 Å². The normalized spacial score (nSPS) is 11.2. The van der Waals surface area contributed by atoms with Crippen molar-refractivity contribution in [1.82, 2.24) is 10.6 Å². The maximum atomic E-state index is 11.2. The van der Waals surface area contributed by atoms with E-state index in [2.05, 4.69) is 16.6 Å². The SMILES string of the molecule is C#CCCNC(=O)N[C@@H](CCSC)C(=O)O. The maximum absolute atomic E-state index is 11.2. The number of thioether (sulfide) groups is 1. The standard InChI is InChI=1S/C10H16N2O3S/c1-3-4-6-11-10(15)12-8(9(13)14)5-7-16-2/h1,8H,4-7H2,2H3,(H,13,14)(H2,11,12,15)/t8-/m0/s1. The van der Waals surface area contributed by atoms with E-state index in [0.29, 0.717) is 25.1 Å². The summed E-state index contributed by atoms with van der Waals surface area (Å²) in [5.74, 6) is 2.03. The molecule has 3 N–H and O–H groups in total. The second-order valence-corrected chi connectivity index (χ2v) is 4.01. The highest BCUT2D eigenvalue weighted by Gasteiger charge is 2.18. The van der Waals surface area contributed by atoms with Gasteiger partial charge in [0.1, 0.15) is 6.04 Å². The van der Waals surface area contributed by atoms with Crippen LogP contribution >= 0.6 is 11.8 Å². The van der Waals surface area contributed by atoms with Crippen LogP contribution in [-0.2, 0) is 4.79 Å². The number of carbonyl (C=O) groups excluding carboxylic acids is 1. The number of hydrogen-bond donors (Lipinski definition) is 3. The van der Waals surface area contributed by atoms with E-state index in [1.807, 2.05) is 6.26 Å². The zero-order valence-electron chi connectivity index (χ0n) is 9.16. The molecule has 0 unspecified atom stereocenters. The summed E-state index contributed by atoms with van der Waals surface area (Å²) in [6.07, 6.45) is 7.72. The number of urea groups is 1. The lowest BCUT2D eigenvalue weighted by Crippen LogP contribution is -2.46. The van der Waals surface area contributed by atoms with Crippen molar-refractivity contribution < 1.29 is 14.7 Å². The second-order valence-electron chi connectivity index (χ2n) is 3.03. The largest absolute Gasteiger partial charge is 0.480 e. The first-order valence-corrected chi connectivity index (χ1v) is 6.20. The molecule has 0 aromatic carbocycles. The van der Waals surface area contributed by atoms with Crippen LogP contribution in [0.15, 0.2) is 0 Å². The van der Waals surface area contributed by atoms with Gasteiger partial charge in [-0.1, -0.05) is 0 Å². The van der Waals surface area contributed by atoms with E-state index >= 15 is 0 Å². The molecule has 6 heteroatoms. The van der Waals surface area contributed by atoms with Crippen molar-refractivity contribution in [3.8, 4) is 12.3 Å². The van der Waals surface area contributed by atoms with Crippen LogP contribution in [0, 0.1) is 12.3 Å². The highest BCUT2D eigenvalue weighted by atomic mass is 32.2. The van der Waals surface area contributed by atoms with Gasteiger partial charge in [0.05, 0.1) is 0 Å². The molecule has 2 amide bonds. The Balaban J connectivity index is 3.94. The molecule has 0 fully saturated rings. The Kier molecular flexibility index (Phi) is 8.17. The summed E-state index contributed by atoms with van der Waals surface area (Å²) in [7, 11) is 0. The number of carboxylic acid groups (broad SMARTS) is 1. The Hall–Kier alpha value is -1.35. The minimum atomic E-state index is -1.03. The van der Waals surface area contributed by atoms with Gasteiger partial charge in [0, 0.05) is 13.0 Å². The second kappa shape index (κ2) is 8.92. The minimum absolute atomic E-state index is 0.344. The predicted octanol–water partition coefficient (Wildman–Crippen LogP) is 0.515. The summed E-state index contributed by atoms with van der Waals surface area (Å²) in [5.41, 5.74) is 0. The average molecular weight is 244 g/mol. The molecule has 0 bridgehead atoms. The first-order valence-electron chi connectivity index (χ1n) is 4.81. The van der Waals surface area contributed by atoms with Gasteiger partial charge in [-0.3, -0.25) is 0 Å². The molecule has 0 aromatic heterocycles. The molecule has 0 heterocycles. The zero-order valence-corrected chi connectivity index (χ0v) is 9.97. The van der Waals surface area contributed by atoms with Crippen LogP contribution in [-0.4, -0.2) is 41.7 Å². The molecule has 0 aliphatic heterocycles. The van der Waals surface area contributed by atoms with Crippen molar-refractivity contribution in [2.75, 3.05) is 18.6 Å². The summed E-state index contributed by atoms with van der Waals surface area (Å²) in [6, 6.07) is -1.35. The van der Waals surface area contributed by atoms with Gasteiger partial charge in [0.2, 0.25) is 0 Å². The summed E-state index contributed by atoms with van der Waals surface area (Å²) < 4.78 is 0. The van der Waals surface area contributed by atoms with Crippen LogP contribution in [0.5, 0.6) is 0 Å². The van der Waals surface area contributed by atoms with Crippen LogP contribution in [0.4, 0.5) is 4.79 Å². The van der Waals surface area contributed by atoms with Crippen LogP contribution < -0.4 is 10.6 Å². The number of terminal acetylenes is 1. The lowest BCUT2D eigenvalue weighted by atomic mass is 10.2. The molecule has 0 aliphatic carbocycles. The van der Waals surface area contributed by atoms with E-state index in [-0.39, 0.29) is 0 Å². The van der Waals surface area contributed by atoms with E-state index in [9.17, 15) is 9.59 Å². The highest BCUT2D eigenvalue weighted by Crippen LogP contribution is 2.00. The Morgan fingerprint density at radius 2 is 2.25 bits per heavy atom. The van der Waals surface area contributed by atoms with Gasteiger partial charge in [-0.05, 0) is 18.4 Å². The first kappa shape index (κ1) is 14.6. The fraction of sp³-hybridized carbons (Fsp3) is 0.600. The van der Waals surface area contributed by atoms with Crippen molar-refractivity contribution >= 4 is 23.8 Å². The van der Waals surface area contributed by atoms with Gasteiger partial charge in [-0.15, -0.1) is 12.3 Å². The van der Waals surface area contributed by atoms with Gasteiger partial charge in [0.25, 0.3) is 0 Å². The van der Waals surface area contributed by atoms with Crippen LogP contribution in [0.1, 0.15) is 12.8 Å². The van der Waals surface area contributed by atoms with Crippen molar-refractivity contribution in [3.63, 3.8) is 0 Å². The van der Waals surface area contributed by atoms with Gasteiger partial charge >= 0.3 is 12.0 Å². The molecule has 0 saturated heterocycles. The van der Waals surface area contributed by atoms with Gasteiger partial charge in [-0.2, -0.15) is 11.8 Å². The van der Waals surface area contributed by atoms with Crippen molar-refractivity contribution in [2.24, 2.45) is 0 Å². The highest BCUT2D eigenvalue weighted by molar-refractivity contribution is 7.98. The number of carbonyl (C=O) groups is 2. The van der Waals surface area contributed by atoms with Gasteiger partial charge < -0.3 is 15.7 Å². The molecule has 0 aliphatic rings. The van der Waals surface area contributed by atoms with E-state index in [1.54, 1.807) is 0 Å². The fourth-order valence-electron chi connectivity index (χ4n) is 0.951. The Labute approximate surface area is 99.4 Å². The van der Waals surface area contributed by atoms with E-state index < -0.39 is 18.0 Å². The van der Waals surface area contributed by atoms with Gasteiger partial charge in [0.15, 0.2) is 0 Å². The molecule has 0 radical (unpaired) electrons. The Morgan fingerprint density at radius 3 is 2.75 bits per heavy atom. The zero-order chi connectivity index (χ0) is 12.4. The molecule has 1 atom stereocenters. The summed E-state index contributed by atoms with van der Waals surface area (Å²) in [6.45, 7) is 0.344. The van der Waals surface area contributed by atoms with Crippen LogP contribution in [0.2, 0.25) is 0 Å². The Morgan fingerprint density at radius 1 is 1.56 bits per heavy atom. The molecule has 16 heavy (non-hydrogen) atoms. The topological polar surface area (TPSA) is 78.4 Å². The maximum Gasteiger partial charge on any atom is 0.326 e. The van der Waals surface area contributed by atoms with Crippen molar-refractivity contribution in [1.29, 1.82) is 0 Å².